The number of anilines is 1. The molecule has 0 bridgehead atoms. The lowest BCUT2D eigenvalue weighted by Gasteiger charge is -2.10. The molecular weight excluding hydrogens is 311 g/mol. The predicted molar refractivity (Wildman–Crippen MR) is 78.0 cm³/mol. The average Bonchev–Trinajstić information content (AvgIpc) is 2.37. The van der Waals surface area contributed by atoms with Gasteiger partial charge in [-0.15, -0.1) is 0 Å². The van der Waals surface area contributed by atoms with Crippen molar-refractivity contribution in [3.05, 3.63) is 62.7 Å². The normalized spacial score (nSPS) is 10.5. The van der Waals surface area contributed by atoms with Gasteiger partial charge in [-0.2, -0.15) is 0 Å². The Morgan fingerprint density at radius 1 is 1.32 bits per heavy atom. The van der Waals surface area contributed by atoms with Crippen LogP contribution in [0, 0.1) is 12.7 Å². The smallest absolute Gasteiger partial charge is 0.253 e. The fourth-order valence-corrected chi connectivity index (χ4v) is 2.38. The minimum atomic E-state index is -0.260. The molecule has 0 fully saturated rings. The van der Waals surface area contributed by atoms with Crippen LogP contribution in [0.5, 0.6) is 0 Å². The summed E-state index contributed by atoms with van der Waals surface area (Å²) in [5.74, 6) is -0.260. The molecule has 0 saturated carbocycles. The van der Waals surface area contributed by atoms with E-state index in [1.165, 1.54) is 12.1 Å². The van der Waals surface area contributed by atoms with Crippen LogP contribution in [0.4, 0.5) is 10.1 Å². The van der Waals surface area contributed by atoms with E-state index >= 15 is 0 Å². The van der Waals surface area contributed by atoms with Crippen LogP contribution in [0.1, 0.15) is 5.56 Å². The molecule has 100 valence electrons. The molecule has 0 saturated heterocycles. The molecule has 1 heterocycles. The Morgan fingerprint density at radius 3 is 2.68 bits per heavy atom. The van der Waals surface area contributed by atoms with Crippen molar-refractivity contribution in [3.63, 3.8) is 0 Å². The third kappa shape index (κ3) is 3.67. The van der Waals surface area contributed by atoms with Crippen molar-refractivity contribution in [2.75, 3.05) is 11.9 Å². The second-order valence-corrected chi connectivity index (χ2v) is 5.19. The van der Waals surface area contributed by atoms with Crippen molar-refractivity contribution in [1.82, 2.24) is 4.57 Å². The first-order valence-corrected chi connectivity index (χ1v) is 6.71. The summed E-state index contributed by atoms with van der Waals surface area (Å²) >= 11 is 3.37. The fraction of sp³-hybridized carbons (Fsp3) is 0.214. The highest BCUT2D eigenvalue weighted by molar-refractivity contribution is 9.10. The number of hydrogen-bond donors (Lipinski definition) is 1. The Labute approximate surface area is 119 Å². The third-order valence-electron chi connectivity index (χ3n) is 2.76. The van der Waals surface area contributed by atoms with Gasteiger partial charge in [-0.1, -0.05) is 0 Å². The SMILES string of the molecule is Cc1cc(Br)cn(CCNc2ccc(F)cc2)c1=O. The number of rotatable bonds is 4. The van der Waals surface area contributed by atoms with Crippen LogP contribution in [0.2, 0.25) is 0 Å². The molecule has 1 aromatic heterocycles. The van der Waals surface area contributed by atoms with Gasteiger partial charge in [0.25, 0.3) is 5.56 Å². The molecule has 0 aliphatic heterocycles. The molecule has 0 unspecified atom stereocenters. The summed E-state index contributed by atoms with van der Waals surface area (Å²) in [5.41, 5.74) is 1.54. The number of nitrogens with zero attached hydrogens (tertiary/aromatic N) is 1. The van der Waals surface area contributed by atoms with Crippen molar-refractivity contribution in [3.8, 4) is 0 Å². The average molecular weight is 325 g/mol. The quantitative estimate of drug-likeness (QED) is 0.937. The molecule has 2 aromatic rings. The molecule has 1 N–H and O–H groups in total. The number of benzene rings is 1. The summed E-state index contributed by atoms with van der Waals surface area (Å²) < 4.78 is 15.3. The highest BCUT2D eigenvalue weighted by Gasteiger charge is 2.01. The minimum absolute atomic E-state index is 0.00380. The van der Waals surface area contributed by atoms with Gasteiger partial charge in [-0.25, -0.2) is 4.39 Å². The van der Waals surface area contributed by atoms with Crippen molar-refractivity contribution < 1.29 is 4.39 Å². The zero-order valence-corrected chi connectivity index (χ0v) is 12.1. The Kier molecular flexibility index (Phi) is 4.37. The van der Waals surface area contributed by atoms with E-state index in [1.807, 2.05) is 0 Å². The standard InChI is InChI=1S/C14H14BrFN2O/c1-10-8-11(15)9-18(14(10)19)7-6-17-13-4-2-12(16)3-5-13/h2-5,8-9,17H,6-7H2,1H3. The largest absolute Gasteiger partial charge is 0.383 e. The van der Waals surface area contributed by atoms with Gasteiger partial charge in [-0.05, 0) is 53.2 Å². The maximum Gasteiger partial charge on any atom is 0.253 e. The molecule has 0 atom stereocenters. The number of nitrogens with one attached hydrogen (secondary N) is 1. The molecule has 19 heavy (non-hydrogen) atoms. The topological polar surface area (TPSA) is 34.0 Å². The van der Waals surface area contributed by atoms with Crippen LogP contribution in [0.25, 0.3) is 0 Å². The van der Waals surface area contributed by atoms with Crippen molar-refractivity contribution >= 4 is 21.6 Å². The molecule has 5 heteroatoms. The number of hydrogen-bond acceptors (Lipinski definition) is 2. The van der Waals surface area contributed by atoms with Gasteiger partial charge in [0.05, 0.1) is 0 Å². The Balaban J connectivity index is 2.00. The van der Waals surface area contributed by atoms with Gasteiger partial charge in [0, 0.05) is 35.0 Å². The number of aromatic nitrogens is 1. The lowest BCUT2D eigenvalue weighted by atomic mass is 10.3. The summed E-state index contributed by atoms with van der Waals surface area (Å²) in [7, 11) is 0. The van der Waals surface area contributed by atoms with E-state index in [0.29, 0.717) is 18.7 Å². The van der Waals surface area contributed by atoms with Gasteiger partial charge in [0.2, 0.25) is 0 Å². The lowest BCUT2D eigenvalue weighted by Crippen LogP contribution is -2.24. The van der Waals surface area contributed by atoms with E-state index < -0.39 is 0 Å². The number of halogens is 2. The van der Waals surface area contributed by atoms with Crippen LogP contribution in [-0.4, -0.2) is 11.1 Å². The minimum Gasteiger partial charge on any atom is -0.383 e. The highest BCUT2D eigenvalue weighted by Crippen LogP contribution is 2.09. The molecule has 0 aliphatic carbocycles. The summed E-state index contributed by atoms with van der Waals surface area (Å²) in [5, 5.41) is 3.14. The van der Waals surface area contributed by atoms with E-state index in [1.54, 1.807) is 35.9 Å². The first-order chi connectivity index (χ1) is 9.06. The van der Waals surface area contributed by atoms with E-state index in [-0.39, 0.29) is 11.4 Å². The van der Waals surface area contributed by atoms with Gasteiger partial charge in [0.1, 0.15) is 5.82 Å². The van der Waals surface area contributed by atoms with Gasteiger partial charge < -0.3 is 9.88 Å². The van der Waals surface area contributed by atoms with Crippen LogP contribution >= 0.6 is 15.9 Å². The van der Waals surface area contributed by atoms with E-state index in [4.69, 9.17) is 0 Å². The predicted octanol–water partition coefficient (Wildman–Crippen LogP) is 3.17. The Bertz CT molecular complexity index is 622. The highest BCUT2D eigenvalue weighted by atomic mass is 79.9. The number of pyridine rings is 1. The van der Waals surface area contributed by atoms with Gasteiger partial charge in [0.15, 0.2) is 0 Å². The van der Waals surface area contributed by atoms with Crippen LogP contribution < -0.4 is 10.9 Å². The second-order valence-electron chi connectivity index (χ2n) is 4.27. The summed E-state index contributed by atoms with van der Waals surface area (Å²) in [6, 6.07) is 7.94. The van der Waals surface area contributed by atoms with Gasteiger partial charge in [-0.3, -0.25) is 4.79 Å². The van der Waals surface area contributed by atoms with E-state index in [0.717, 1.165) is 10.2 Å². The first kappa shape index (κ1) is 13.8. The Hall–Kier alpha value is -1.62. The molecule has 0 aliphatic rings. The maximum atomic E-state index is 12.7. The second kappa shape index (κ2) is 6.02. The third-order valence-corrected chi connectivity index (χ3v) is 3.19. The first-order valence-electron chi connectivity index (χ1n) is 5.92. The summed E-state index contributed by atoms with van der Waals surface area (Å²) in [4.78, 5) is 11.9. The number of aryl methyl sites for hydroxylation is 1. The van der Waals surface area contributed by atoms with Crippen molar-refractivity contribution in [2.24, 2.45) is 0 Å². The molecule has 0 amide bonds. The van der Waals surface area contributed by atoms with Crippen LogP contribution in [0.3, 0.4) is 0 Å². The molecule has 3 nitrogen and oxygen atoms in total. The Morgan fingerprint density at radius 2 is 2.00 bits per heavy atom. The molecule has 0 radical (unpaired) electrons. The summed E-state index contributed by atoms with van der Waals surface area (Å²) in [6.45, 7) is 2.94. The monoisotopic (exact) mass is 324 g/mol. The molecule has 2 rings (SSSR count). The van der Waals surface area contributed by atoms with Crippen LogP contribution in [0.15, 0.2) is 45.8 Å². The van der Waals surface area contributed by atoms with Crippen molar-refractivity contribution in [2.45, 2.75) is 13.5 Å². The zero-order valence-electron chi connectivity index (χ0n) is 10.5. The maximum absolute atomic E-state index is 12.7. The molecule has 0 spiro atoms. The van der Waals surface area contributed by atoms with Crippen molar-refractivity contribution in [1.29, 1.82) is 0 Å². The van der Waals surface area contributed by atoms with E-state index in [2.05, 4.69) is 21.2 Å². The molecular formula is C14H14BrFN2O. The lowest BCUT2D eigenvalue weighted by molar-refractivity contribution is 0.628. The zero-order chi connectivity index (χ0) is 13.8. The van der Waals surface area contributed by atoms with E-state index in [9.17, 15) is 9.18 Å². The fourth-order valence-electron chi connectivity index (χ4n) is 1.79. The van der Waals surface area contributed by atoms with Crippen LogP contribution in [-0.2, 0) is 6.54 Å². The summed E-state index contributed by atoms with van der Waals surface area (Å²) in [6.07, 6.45) is 1.77. The van der Waals surface area contributed by atoms with Gasteiger partial charge >= 0.3 is 0 Å². The molecule has 1 aromatic carbocycles.